The molecule has 0 atom stereocenters. The third-order valence-corrected chi connectivity index (χ3v) is 19.5. The Labute approximate surface area is 544 Å². The molecule has 0 saturated carbocycles. The van der Waals surface area contributed by atoms with E-state index in [9.17, 15) is 5.26 Å². The largest absolute Gasteiger partial charge is 0.309 e. The number of hydrogen-bond acceptors (Lipinski definition) is 2. The van der Waals surface area contributed by atoms with Gasteiger partial charge in [-0.15, -0.1) is 0 Å². The molecule has 5 heterocycles. The highest BCUT2D eigenvalue weighted by molar-refractivity contribution is 6.15. The minimum atomic E-state index is 0.570. The first kappa shape index (κ1) is 54.6. The van der Waals surface area contributed by atoms with Crippen LogP contribution in [-0.2, 0) is 0 Å². The van der Waals surface area contributed by atoms with Crippen molar-refractivity contribution in [2.24, 2.45) is 0 Å². The Kier molecular flexibility index (Phi) is 12.4. The van der Waals surface area contributed by atoms with Gasteiger partial charge in [0, 0.05) is 89.4 Å². The Bertz CT molecular complexity index is 5940. The van der Waals surface area contributed by atoms with E-state index in [0.717, 1.165) is 123 Å². The average molecular weight is 1200 g/mol. The first-order valence-electron chi connectivity index (χ1n) is 32.2. The van der Waals surface area contributed by atoms with Gasteiger partial charge in [-0.05, 0) is 206 Å². The predicted octanol–water partition coefficient (Wildman–Crippen LogP) is 22.9. The summed E-state index contributed by atoms with van der Waals surface area (Å²) in [5.41, 5.74) is 28.2. The summed E-state index contributed by atoms with van der Waals surface area (Å²) in [5, 5.41) is 22.1. The smallest absolute Gasteiger partial charge is 0.100 e. The number of pyridine rings is 1. The number of aryl methyl sites for hydroxylation is 4. The normalized spacial score (nSPS) is 11.8. The molecule has 5 aromatic heterocycles. The van der Waals surface area contributed by atoms with E-state index in [0.29, 0.717) is 5.56 Å². The second-order valence-electron chi connectivity index (χ2n) is 25.3. The Morgan fingerprint density at radius 2 is 0.479 bits per heavy atom. The molecule has 0 unspecified atom stereocenters. The van der Waals surface area contributed by atoms with Crippen LogP contribution in [0.3, 0.4) is 0 Å². The van der Waals surface area contributed by atoms with Crippen molar-refractivity contribution in [3.63, 3.8) is 0 Å². The zero-order valence-electron chi connectivity index (χ0n) is 52.4. The van der Waals surface area contributed by atoms with E-state index in [1.54, 1.807) is 0 Å². The standard InChI is InChI=1S/C88H60N6/c1-54-21-41-80-71(49-54)72-50-55(2)22-42-81(72)93(80)65-37-29-59(30-38-65)86-84(58-25-33-63(34-26-58)91-76-17-9-5-13-67(76)68-14-6-10-18-77(68)91)75(53-89)85(62-45-47-90-48-46-62)87(60-27-35-64(36-28-60)92-78-19-11-7-15-69(78)70-16-8-12-20-79(70)92)88(86)61-31-39-66(40-32-61)94-82-43-23-56(3)51-73(82)74-52-57(4)24-44-83(74)94/h5-52H,1-4H3. The molecule has 13 aromatic carbocycles. The van der Waals surface area contributed by atoms with Crippen LogP contribution in [0.15, 0.2) is 291 Å². The quantitative estimate of drug-likeness (QED) is 0.145. The Morgan fingerprint density at radius 3 is 0.755 bits per heavy atom. The monoisotopic (exact) mass is 1200 g/mol. The second-order valence-corrected chi connectivity index (χ2v) is 25.3. The van der Waals surface area contributed by atoms with Gasteiger partial charge in [-0.1, -0.05) is 168 Å². The van der Waals surface area contributed by atoms with Crippen LogP contribution in [0.5, 0.6) is 0 Å². The SMILES string of the molecule is Cc1ccc2c(c1)c1cc(C)ccc1n2-c1ccc(-c2c(-c3ccc(-n4c5ccccc5c5ccccc54)cc3)c(C#N)c(-c3ccncc3)c(-c3ccc(-n4c5ccccc5c5ccccc54)cc3)c2-c2ccc(-n3c4ccc(C)cc4c4cc(C)ccc43)cc2)cc1. The van der Waals surface area contributed by atoms with E-state index in [2.05, 4.69) is 336 Å². The van der Waals surface area contributed by atoms with Crippen molar-refractivity contribution >= 4 is 87.2 Å². The maximum Gasteiger partial charge on any atom is 0.100 e. The van der Waals surface area contributed by atoms with Crippen LogP contribution in [0.1, 0.15) is 27.8 Å². The lowest BCUT2D eigenvalue weighted by Gasteiger charge is -2.26. The lowest BCUT2D eigenvalue weighted by molar-refractivity contribution is 1.18. The number of para-hydroxylation sites is 4. The Morgan fingerprint density at radius 1 is 0.245 bits per heavy atom. The molecular formula is C88H60N6. The second kappa shape index (κ2) is 21.4. The molecule has 0 spiro atoms. The van der Waals surface area contributed by atoms with Gasteiger partial charge in [0.2, 0.25) is 0 Å². The summed E-state index contributed by atoms with van der Waals surface area (Å²) in [7, 11) is 0. The van der Waals surface area contributed by atoms with Gasteiger partial charge in [-0.3, -0.25) is 4.98 Å². The summed E-state index contributed by atoms with van der Waals surface area (Å²) >= 11 is 0. The van der Waals surface area contributed by atoms with Crippen molar-refractivity contribution in [2.75, 3.05) is 0 Å². The van der Waals surface area contributed by atoms with Crippen LogP contribution >= 0.6 is 0 Å². The van der Waals surface area contributed by atoms with Gasteiger partial charge in [0.25, 0.3) is 0 Å². The molecule has 18 rings (SSSR count). The molecule has 0 N–H and O–H groups in total. The molecule has 0 saturated heterocycles. The molecule has 0 aliphatic heterocycles. The van der Waals surface area contributed by atoms with Crippen molar-refractivity contribution in [1.29, 1.82) is 5.26 Å². The number of rotatable bonds is 9. The van der Waals surface area contributed by atoms with E-state index < -0.39 is 0 Å². The van der Waals surface area contributed by atoms with Gasteiger partial charge in [0.15, 0.2) is 0 Å². The molecule has 94 heavy (non-hydrogen) atoms. The summed E-state index contributed by atoms with van der Waals surface area (Å²) in [6, 6.07) is 105. The maximum absolute atomic E-state index is 12.4. The highest BCUT2D eigenvalue weighted by Gasteiger charge is 2.30. The first-order valence-corrected chi connectivity index (χ1v) is 32.2. The number of nitriles is 1. The lowest BCUT2D eigenvalue weighted by Crippen LogP contribution is -2.03. The summed E-state index contributed by atoms with van der Waals surface area (Å²) < 4.78 is 9.53. The Balaban J connectivity index is 0.938. The Hall–Kier alpha value is -12.3. The molecule has 6 nitrogen and oxygen atoms in total. The van der Waals surface area contributed by atoms with Crippen molar-refractivity contribution in [3.05, 3.63) is 319 Å². The summed E-state index contributed by atoms with van der Waals surface area (Å²) in [6.07, 6.45) is 3.69. The summed E-state index contributed by atoms with van der Waals surface area (Å²) in [4.78, 5) is 4.59. The first-order chi connectivity index (χ1) is 46.2. The van der Waals surface area contributed by atoms with E-state index in [1.165, 1.54) is 65.3 Å². The van der Waals surface area contributed by atoms with Crippen molar-refractivity contribution in [2.45, 2.75) is 27.7 Å². The van der Waals surface area contributed by atoms with Crippen LogP contribution in [-0.4, -0.2) is 23.3 Å². The zero-order chi connectivity index (χ0) is 62.9. The highest BCUT2D eigenvalue weighted by Crippen LogP contribution is 2.54. The minimum absolute atomic E-state index is 0.570. The molecule has 0 aliphatic rings. The van der Waals surface area contributed by atoms with Crippen molar-refractivity contribution in [3.8, 4) is 84.5 Å². The molecule has 0 fully saturated rings. The van der Waals surface area contributed by atoms with Crippen LogP contribution in [0, 0.1) is 39.0 Å². The molecule has 6 heteroatoms. The minimum Gasteiger partial charge on any atom is -0.309 e. The van der Waals surface area contributed by atoms with Gasteiger partial charge < -0.3 is 18.3 Å². The average Bonchev–Trinajstić information content (AvgIpc) is 0.990. The van der Waals surface area contributed by atoms with Gasteiger partial charge >= 0.3 is 0 Å². The number of aromatic nitrogens is 5. The third kappa shape index (κ3) is 8.45. The van der Waals surface area contributed by atoms with Crippen LogP contribution in [0.25, 0.3) is 166 Å². The van der Waals surface area contributed by atoms with Crippen LogP contribution < -0.4 is 0 Å². The van der Waals surface area contributed by atoms with E-state index in [1.807, 2.05) is 12.4 Å². The predicted molar refractivity (Wildman–Crippen MR) is 392 cm³/mol. The van der Waals surface area contributed by atoms with Crippen LogP contribution in [0.2, 0.25) is 0 Å². The lowest BCUT2D eigenvalue weighted by atomic mass is 9.76. The molecule has 0 amide bonds. The van der Waals surface area contributed by atoms with Gasteiger partial charge in [0.05, 0.1) is 49.7 Å². The topological polar surface area (TPSA) is 56.4 Å². The summed E-state index contributed by atoms with van der Waals surface area (Å²) in [5.74, 6) is 0. The van der Waals surface area contributed by atoms with Gasteiger partial charge in [-0.2, -0.15) is 5.26 Å². The fourth-order valence-electron chi connectivity index (χ4n) is 15.4. The fourth-order valence-corrected chi connectivity index (χ4v) is 15.4. The number of fused-ring (bicyclic) bond motifs is 12. The van der Waals surface area contributed by atoms with Crippen molar-refractivity contribution in [1.82, 2.24) is 23.3 Å². The zero-order valence-corrected chi connectivity index (χ0v) is 52.4. The molecule has 0 aliphatic carbocycles. The number of benzene rings is 13. The van der Waals surface area contributed by atoms with Gasteiger partial charge in [-0.25, -0.2) is 0 Å². The van der Waals surface area contributed by atoms with E-state index in [4.69, 9.17) is 0 Å². The molecule has 0 radical (unpaired) electrons. The maximum atomic E-state index is 12.4. The van der Waals surface area contributed by atoms with Crippen LogP contribution in [0.4, 0.5) is 0 Å². The summed E-state index contributed by atoms with van der Waals surface area (Å²) in [6.45, 7) is 8.69. The molecule has 442 valence electrons. The van der Waals surface area contributed by atoms with Gasteiger partial charge in [0.1, 0.15) is 6.07 Å². The molecular weight excluding hydrogens is 1140 g/mol. The molecule has 18 aromatic rings. The van der Waals surface area contributed by atoms with Crippen molar-refractivity contribution < 1.29 is 0 Å². The fraction of sp³-hybridized carbons (Fsp3) is 0.0455. The number of hydrogen-bond donors (Lipinski definition) is 0. The molecule has 0 bridgehead atoms. The number of nitrogens with zero attached hydrogens (tertiary/aromatic N) is 6. The van der Waals surface area contributed by atoms with E-state index >= 15 is 0 Å². The van der Waals surface area contributed by atoms with E-state index in [-0.39, 0.29) is 0 Å². The third-order valence-electron chi connectivity index (χ3n) is 19.5. The highest BCUT2D eigenvalue weighted by atomic mass is 15.0.